The van der Waals surface area contributed by atoms with Crippen LogP contribution in [0.15, 0.2) is 60.2 Å². The summed E-state index contributed by atoms with van der Waals surface area (Å²) in [5.41, 5.74) is 2.59. The topological polar surface area (TPSA) is 172 Å². The molecule has 3 atom stereocenters. The predicted molar refractivity (Wildman–Crippen MR) is 174 cm³/mol. The summed E-state index contributed by atoms with van der Waals surface area (Å²) >= 11 is 7.77. The van der Waals surface area contributed by atoms with Gasteiger partial charge in [-0.3, -0.25) is 29.0 Å². The van der Waals surface area contributed by atoms with Gasteiger partial charge >= 0.3 is 17.8 Å². The second kappa shape index (κ2) is 14.0. The summed E-state index contributed by atoms with van der Waals surface area (Å²) in [4.78, 5) is 69.6. The Kier molecular flexibility index (Phi) is 9.63. The number of aromatic nitrogens is 4. The van der Waals surface area contributed by atoms with Crippen LogP contribution in [0, 0.1) is 0 Å². The number of methoxy groups -OCH3 is 1. The number of amides is 6. The Labute approximate surface area is 284 Å². The molecule has 2 N–H and O–H groups in total. The number of nitrogens with zero attached hydrogens (tertiary/aromatic N) is 7. The molecule has 2 saturated heterocycles. The molecule has 3 aromatic rings. The second-order valence-corrected chi connectivity index (χ2v) is 12.5. The number of likely N-dealkylation sites (N-methyl/N-ethyl adjacent to an activating group) is 1. The van der Waals surface area contributed by atoms with Gasteiger partial charge in [0.25, 0.3) is 5.91 Å². The summed E-state index contributed by atoms with van der Waals surface area (Å²) in [5.74, 6) is -1.13. The minimum absolute atomic E-state index is 0.0158. The van der Waals surface area contributed by atoms with E-state index in [2.05, 4.69) is 26.2 Å². The van der Waals surface area contributed by atoms with Crippen LogP contribution in [-0.4, -0.2) is 114 Å². The highest BCUT2D eigenvalue weighted by Gasteiger charge is 2.54. The van der Waals surface area contributed by atoms with Crippen molar-refractivity contribution in [3.05, 3.63) is 77.1 Å². The van der Waals surface area contributed by atoms with Gasteiger partial charge in [-0.15, -0.1) is 28.5 Å². The van der Waals surface area contributed by atoms with Crippen LogP contribution in [0.5, 0.6) is 5.75 Å². The summed E-state index contributed by atoms with van der Waals surface area (Å²) in [6.07, 6.45) is 0. The van der Waals surface area contributed by atoms with Crippen molar-refractivity contribution >= 4 is 58.7 Å². The van der Waals surface area contributed by atoms with E-state index < -0.39 is 47.1 Å². The molecule has 3 aliphatic heterocycles. The molecule has 15 nitrogen and oxygen atoms in total. The lowest BCUT2D eigenvalue weighted by atomic mass is 10.0. The van der Waals surface area contributed by atoms with E-state index in [1.165, 1.54) is 16.7 Å². The normalized spacial score (nSPS) is 19.9. The third-order valence-electron chi connectivity index (χ3n) is 8.34. The number of β-lactam (4-membered cyclic amide) rings is 1. The van der Waals surface area contributed by atoms with Crippen molar-refractivity contribution in [2.45, 2.75) is 30.9 Å². The maximum absolute atomic E-state index is 13.8. The van der Waals surface area contributed by atoms with Crippen molar-refractivity contribution in [2.24, 2.45) is 0 Å². The first-order valence-electron chi connectivity index (χ1n) is 15.1. The smallest absolute Gasteiger partial charge is 0.325 e. The number of rotatable bonds is 10. The molecule has 0 aliphatic carbocycles. The van der Waals surface area contributed by atoms with Gasteiger partial charge in [-0.05, 0) is 46.2 Å². The highest BCUT2D eigenvalue weighted by Crippen LogP contribution is 2.44. The molecule has 48 heavy (non-hydrogen) atoms. The molecule has 6 rings (SSSR count). The predicted octanol–water partition coefficient (Wildman–Crippen LogP) is 1.22. The Morgan fingerprint density at radius 2 is 1.81 bits per heavy atom. The molecule has 17 heteroatoms. The van der Waals surface area contributed by atoms with E-state index in [1.807, 2.05) is 24.3 Å². The van der Waals surface area contributed by atoms with Gasteiger partial charge in [-0.25, -0.2) is 9.48 Å². The molecule has 1 aromatic heterocycles. The van der Waals surface area contributed by atoms with Crippen LogP contribution in [0.3, 0.4) is 0 Å². The van der Waals surface area contributed by atoms with Gasteiger partial charge in [0.15, 0.2) is 5.82 Å². The molecule has 250 valence electrons. The number of halogens is 1. The van der Waals surface area contributed by atoms with E-state index in [0.717, 1.165) is 16.0 Å². The average molecular weight is 694 g/mol. The summed E-state index contributed by atoms with van der Waals surface area (Å²) < 4.78 is 6.83. The van der Waals surface area contributed by atoms with Crippen LogP contribution in [0.4, 0.5) is 4.79 Å². The van der Waals surface area contributed by atoms with E-state index in [-0.39, 0.29) is 19.0 Å². The maximum atomic E-state index is 13.8. The van der Waals surface area contributed by atoms with E-state index in [4.69, 9.17) is 16.3 Å². The molecule has 0 unspecified atom stereocenters. The van der Waals surface area contributed by atoms with Crippen molar-refractivity contribution < 1.29 is 28.7 Å². The number of thioether (sulfide) groups is 1. The number of nitrogens with one attached hydrogen (secondary N) is 2. The van der Waals surface area contributed by atoms with Crippen LogP contribution >= 0.6 is 23.4 Å². The van der Waals surface area contributed by atoms with E-state index in [1.54, 1.807) is 53.9 Å². The number of benzene rings is 2. The summed E-state index contributed by atoms with van der Waals surface area (Å²) in [5, 5.41) is 17.2. The number of alkyl halides is 1. The van der Waals surface area contributed by atoms with Crippen molar-refractivity contribution in [1.82, 2.24) is 45.5 Å². The summed E-state index contributed by atoms with van der Waals surface area (Å²) in [6.45, 7) is 2.57. The van der Waals surface area contributed by atoms with Gasteiger partial charge in [0.1, 0.15) is 23.2 Å². The number of hydrogen-bond acceptors (Lipinski definition) is 10. The Bertz CT molecular complexity index is 1770. The minimum atomic E-state index is -1.26. The number of carbonyl (C=O) groups is 5. The molecular formula is C31H32ClN9O6S. The number of hydrogen-bond donors (Lipinski definition) is 2. The zero-order valence-corrected chi connectivity index (χ0v) is 27.6. The molecule has 2 aromatic carbocycles. The standard InChI is InChI=1S/C31H32ClN9O6S/c1-3-38-13-14-39(29(45)28(38)44)31(46)34-22(19-7-5-4-6-8-19)26(42)33-23-27(43)41-24(20(15-32)17-48-30(23)41)25-35-36-37-40(25)16-18-9-11-21(47-2)12-10-18/h4-12,22-23,30H,3,13-17H2,1-2H3,(H,33,42)(H,34,46)/t22-,23-,30-/m1/s1. The van der Waals surface area contributed by atoms with Crippen molar-refractivity contribution in [2.75, 3.05) is 38.4 Å². The zero-order chi connectivity index (χ0) is 33.9. The lowest BCUT2D eigenvalue weighted by molar-refractivity contribution is -0.153. The average Bonchev–Trinajstić information content (AvgIpc) is 3.57. The van der Waals surface area contributed by atoms with Crippen LogP contribution in [-0.2, 0) is 25.7 Å². The lowest BCUT2D eigenvalue weighted by Gasteiger charge is -2.50. The second-order valence-electron chi connectivity index (χ2n) is 11.1. The van der Waals surface area contributed by atoms with Crippen LogP contribution in [0.25, 0.3) is 5.70 Å². The molecule has 6 amide bonds. The number of tetrazole rings is 1. The number of urea groups is 1. The maximum Gasteiger partial charge on any atom is 0.325 e. The zero-order valence-electron chi connectivity index (χ0n) is 26.0. The molecular weight excluding hydrogens is 662 g/mol. The Balaban J connectivity index is 1.20. The first kappa shape index (κ1) is 33.0. The fourth-order valence-corrected chi connectivity index (χ4v) is 7.42. The van der Waals surface area contributed by atoms with Crippen molar-refractivity contribution in [1.29, 1.82) is 0 Å². The van der Waals surface area contributed by atoms with Gasteiger partial charge in [-0.2, -0.15) is 0 Å². The molecule has 3 aliphatic rings. The molecule has 0 bridgehead atoms. The van der Waals surface area contributed by atoms with Crippen molar-refractivity contribution in [3.8, 4) is 5.75 Å². The first-order valence-corrected chi connectivity index (χ1v) is 16.7. The van der Waals surface area contributed by atoms with Crippen LogP contribution in [0.1, 0.15) is 29.9 Å². The number of carbonyl (C=O) groups excluding carboxylic acids is 5. The van der Waals surface area contributed by atoms with E-state index in [9.17, 15) is 24.0 Å². The van der Waals surface area contributed by atoms with E-state index in [0.29, 0.717) is 41.7 Å². The van der Waals surface area contributed by atoms with Gasteiger partial charge in [0, 0.05) is 31.3 Å². The van der Waals surface area contributed by atoms with Gasteiger partial charge < -0.3 is 20.3 Å². The fourth-order valence-electron chi connectivity index (χ4n) is 5.74. The summed E-state index contributed by atoms with van der Waals surface area (Å²) in [6, 6.07) is 12.8. The Hall–Kier alpha value is -4.96. The molecule has 0 radical (unpaired) electrons. The lowest BCUT2D eigenvalue weighted by Crippen LogP contribution is -2.70. The Morgan fingerprint density at radius 1 is 1.06 bits per heavy atom. The SMILES string of the molecule is CCN1CCN(C(=O)N[C@@H](C(=O)N[C@@H]2C(=O)N3C(c4nnnn4Cc4ccc(OC)cc4)=C(CCl)CS[C@H]23)c2ccccc2)C(=O)C1=O. The Morgan fingerprint density at radius 3 is 2.50 bits per heavy atom. The van der Waals surface area contributed by atoms with Gasteiger partial charge in [0.05, 0.1) is 19.4 Å². The number of ether oxygens (including phenoxy) is 1. The quantitative estimate of drug-likeness (QED) is 0.179. The third kappa shape index (κ3) is 6.20. The molecule has 0 saturated carbocycles. The number of piperazine rings is 1. The third-order valence-corrected chi connectivity index (χ3v) is 10.0. The monoisotopic (exact) mass is 693 g/mol. The number of fused-ring (bicyclic) bond motifs is 1. The largest absolute Gasteiger partial charge is 0.497 e. The molecule has 4 heterocycles. The highest BCUT2D eigenvalue weighted by atomic mass is 35.5. The number of imide groups is 1. The van der Waals surface area contributed by atoms with Gasteiger partial charge in [0.2, 0.25) is 5.91 Å². The van der Waals surface area contributed by atoms with Crippen molar-refractivity contribution in [3.63, 3.8) is 0 Å². The summed E-state index contributed by atoms with van der Waals surface area (Å²) in [7, 11) is 1.59. The minimum Gasteiger partial charge on any atom is -0.497 e. The van der Waals surface area contributed by atoms with E-state index >= 15 is 0 Å². The molecule has 2 fully saturated rings. The highest BCUT2D eigenvalue weighted by molar-refractivity contribution is 8.00. The fraction of sp³-hybridized carbons (Fsp3) is 0.355. The van der Waals surface area contributed by atoms with Gasteiger partial charge in [-0.1, -0.05) is 42.5 Å². The first-order chi connectivity index (χ1) is 23.2. The van der Waals surface area contributed by atoms with Crippen LogP contribution < -0.4 is 15.4 Å². The molecule has 0 spiro atoms. The van der Waals surface area contributed by atoms with Crippen LogP contribution in [0.2, 0.25) is 0 Å².